The van der Waals surface area contributed by atoms with Gasteiger partial charge in [0.05, 0.1) is 0 Å². The van der Waals surface area contributed by atoms with Crippen molar-refractivity contribution in [2.24, 2.45) is 0 Å². The Bertz CT molecular complexity index is 712. The van der Waals surface area contributed by atoms with Crippen LogP contribution in [0.25, 0.3) is 11.6 Å². The molecule has 0 saturated carbocycles. The quantitative estimate of drug-likeness (QED) is 0.644. The number of nitrogen functional groups attached to an aromatic ring is 1. The molecule has 1 amide bonds. The first-order valence-corrected chi connectivity index (χ1v) is 6.39. The molecule has 20 heavy (non-hydrogen) atoms. The lowest BCUT2D eigenvalue weighted by atomic mass is 10.1. The van der Waals surface area contributed by atoms with E-state index < -0.39 is 0 Å². The van der Waals surface area contributed by atoms with Crippen LogP contribution in [0.15, 0.2) is 60.7 Å². The molecule has 98 valence electrons. The Morgan fingerprint density at radius 1 is 1.00 bits per heavy atom. The Hall–Kier alpha value is -2.81. The molecule has 3 N–H and O–H groups in total. The third-order valence-corrected chi connectivity index (χ3v) is 3.20. The van der Waals surface area contributed by atoms with E-state index in [9.17, 15) is 4.79 Å². The summed E-state index contributed by atoms with van der Waals surface area (Å²) in [5.74, 6) is -0.0619. The van der Waals surface area contributed by atoms with Crippen LogP contribution in [-0.4, -0.2) is 5.91 Å². The number of carbonyl (C=O) groups excluding carboxylic acids is 1. The number of nitrogens with two attached hydrogens (primary N) is 1. The molecule has 0 saturated heterocycles. The summed E-state index contributed by atoms with van der Waals surface area (Å²) in [7, 11) is 0. The fourth-order valence-corrected chi connectivity index (χ4v) is 2.17. The van der Waals surface area contributed by atoms with Crippen LogP contribution < -0.4 is 11.1 Å². The number of para-hydroxylation sites is 1. The molecule has 2 aromatic rings. The topological polar surface area (TPSA) is 55.1 Å². The maximum absolute atomic E-state index is 11.9. The number of carbonyl (C=O) groups is 1. The Morgan fingerprint density at radius 3 is 2.55 bits per heavy atom. The average Bonchev–Trinajstić information content (AvgIpc) is 2.77. The molecule has 0 radical (unpaired) electrons. The monoisotopic (exact) mass is 262 g/mol. The van der Waals surface area contributed by atoms with Crippen molar-refractivity contribution in [3.8, 4) is 0 Å². The standard InChI is InChI=1S/C17H14N2O/c18-13-10-8-12(9-11-13)4-3-6-15-14-5-1-2-7-16(14)19-17(15)20/h1-11H,18H2,(H,19,20)/b4-3+,15-6-. The maximum atomic E-state index is 11.9. The summed E-state index contributed by atoms with van der Waals surface area (Å²) in [6.45, 7) is 0. The predicted octanol–water partition coefficient (Wildman–Crippen LogP) is 3.32. The van der Waals surface area contributed by atoms with Crippen LogP contribution in [0.3, 0.4) is 0 Å². The van der Waals surface area contributed by atoms with E-state index in [1.54, 1.807) is 0 Å². The summed E-state index contributed by atoms with van der Waals surface area (Å²) in [4.78, 5) is 11.9. The molecule has 3 nitrogen and oxygen atoms in total. The summed E-state index contributed by atoms with van der Waals surface area (Å²) in [5.41, 5.74) is 9.92. The van der Waals surface area contributed by atoms with Gasteiger partial charge in [-0.25, -0.2) is 0 Å². The van der Waals surface area contributed by atoms with Crippen molar-refractivity contribution in [1.82, 2.24) is 0 Å². The van der Waals surface area contributed by atoms with Gasteiger partial charge in [-0.05, 0) is 29.8 Å². The largest absolute Gasteiger partial charge is 0.399 e. The van der Waals surface area contributed by atoms with Gasteiger partial charge in [-0.2, -0.15) is 0 Å². The van der Waals surface area contributed by atoms with Gasteiger partial charge >= 0.3 is 0 Å². The molecule has 3 heteroatoms. The third-order valence-electron chi connectivity index (χ3n) is 3.20. The fourth-order valence-electron chi connectivity index (χ4n) is 2.17. The minimum atomic E-state index is -0.0619. The van der Waals surface area contributed by atoms with Gasteiger partial charge in [-0.15, -0.1) is 0 Å². The van der Waals surface area contributed by atoms with Crippen molar-refractivity contribution in [2.75, 3.05) is 11.1 Å². The van der Waals surface area contributed by atoms with Gasteiger partial charge in [0.1, 0.15) is 0 Å². The highest BCUT2D eigenvalue weighted by Crippen LogP contribution is 2.31. The number of allylic oxidation sites excluding steroid dienone is 2. The van der Waals surface area contributed by atoms with Crippen molar-refractivity contribution >= 4 is 28.9 Å². The number of amides is 1. The van der Waals surface area contributed by atoms with Crippen molar-refractivity contribution in [1.29, 1.82) is 0 Å². The molecule has 1 aliphatic rings. The average molecular weight is 262 g/mol. The van der Waals surface area contributed by atoms with Crippen LogP contribution in [0.1, 0.15) is 11.1 Å². The number of anilines is 2. The van der Waals surface area contributed by atoms with Gasteiger partial charge in [0.25, 0.3) is 5.91 Å². The summed E-state index contributed by atoms with van der Waals surface area (Å²) < 4.78 is 0. The second-order valence-corrected chi connectivity index (χ2v) is 4.61. The number of fused-ring (bicyclic) bond motifs is 1. The molecule has 3 rings (SSSR count). The lowest BCUT2D eigenvalue weighted by Crippen LogP contribution is -2.03. The van der Waals surface area contributed by atoms with E-state index in [1.807, 2.05) is 66.8 Å². The SMILES string of the molecule is Nc1ccc(/C=C/C=C2\C(=O)Nc3ccccc32)cc1. The minimum absolute atomic E-state index is 0.0619. The maximum Gasteiger partial charge on any atom is 0.256 e. The van der Waals surface area contributed by atoms with Crippen molar-refractivity contribution in [3.63, 3.8) is 0 Å². The molecule has 0 spiro atoms. The smallest absolute Gasteiger partial charge is 0.256 e. The van der Waals surface area contributed by atoms with Crippen LogP contribution >= 0.6 is 0 Å². The Labute approximate surface area is 117 Å². The van der Waals surface area contributed by atoms with Gasteiger partial charge < -0.3 is 11.1 Å². The highest BCUT2D eigenvalue weighted by Gasteiger charge is 2.22. The van der Waals surface area contributed by atoms with Crippen molar-refractivity contribution in [3.05, 3.63) is 71.8 Å². The molecule has 1 heterocycles. The van der Waals surface area contributed by atoms with Gasteiger partial charge in [-0.1, -0.05) is 42.5 Å². The van der Waals surface area contributed by atoms with Crippen LogP contribution in [0.5, 0.6) is 0 Å². The molecule has 2 aromatic carbocycles. The van der Waals surface area contributed by atoms with Crippen LogP contribution in [-0.2, 0) is 4.79 Å². The molecule has 1 aliphatic heterocycles. The lowest BCUT2D eigenvalue weighted by molar-refractivity contribution is -0.110. The number of benzene rings is 2. The second kappa shape index (κ2) is 5.05. The normalized spacial score (nSPS) is 15.6. The van der Waals surface area contributed by atoms with E-state index in [-0.39, 0.29) is 5.91 Å². The number of nitrogens with one attached hydrogen (secondary N) is 1. The van der Waals surface area contributed by atoms with E-state index in [1.165, 1.54) is 0 Å². The predicted molar refractivity (Wildman–Crippen MR) is 82.9 cm³/mol. The summed E-state index contributed by atoms with van der Waals surface area (Å²) in [6.07, 6.45) is 5.65. The molecule has 0 fully saturated rings. The first kappa shape index (κ1) is 12.2. The van der Waals surface area contributed by atoms with E-state index in [4.69, 9.17) is 5.73 Å². The zero-order chi connectivity index (χ0) is 13.9. The molecule has 0 atom stereocenters. The van der Waals surface area contributed by atoms with Gasteiger partial charge in [0.2, 0.25) is 0 Å². The molecule has 0 unspecified atom stereocenters. The lowest BCUT2D eigenvalue weighted by Gasteiger charge is -1.95. The zero-order valence-electron chi connectivity index (χ0n) is 10.8. The molecule has 0 aromatic heterocycles. The van der Waals surface area contributed by atoms with Crippen molar-refractivity contribution < 1.29 is 4.79 Å². The molecule has 0 bridgehead atoms. The minimum Gasteiger partial charge on any atom is -0.399 e. The van der Waals surface area contributed by atoms with Crippen molar-refractivity contribution in [2.45, 2.75) is 0 Å². The fraction of sp³-hybridized carbons (Fsp3) is 0. The Morgan fingerprint density at radius 2 is 1.75 bits per heavy atom. The Balaban J connectivity index is 1.86. The van der Waals surface area contributed by atoms with E-state index >= 15 is 0 Å². The van der Waals surface area contributed by atoms with Gasteiger partial charge in [-0.3, -0.25) is 4.79 Å². The van der Waals surface area contributed by atoms with Gasteiger partial charge in [0.15, 0.2) is 0 Å². The van der Waals surface area contributed by atoms with Gasteiger partial charge in [0, 0.05) is 22.5 Å². The summed E-state index contributed by atoms with van der Waals surface area (Å²) >= 11 is 0. The zero-order valence-corrected chi connectivity index (χ0v) is 10.8. The Kier molecular flexibility index (Phi) is 3.09. The van der Waals surface area contributed by atoms with E-state index in [2.05, 4.69) is 5.32 Å². The third kappa shape index (κ3) is 2.34. The summed E-state index contributed by atoms with van der Waals surface area (Å²) in [5, 5.41) is 2.85. The number of rotatable bonds is 2. The first-order valence-electron chi connectivity index (χ1n) is 6.39. The van der Waals surface area contributed by atoms with E-state index in [0.29, 0.717) is 5.57 Å². The molecular weight excluding hydrogens is 248 g/mol. The van der Waals surface area contributed by atoms with Crippen LogP contribution in [0.4, 0.5) is 11.4 Å². The second-order valence-electron chi connectivity index (χ2n) is 4.61. The molecule has 0 aliphatic carbocycles. The van der Waals surface area contributed by atoms with E-state index in [0.717, 1.165) is 22.5 Å². The van der Waals surface area contributed by atoms with Crippen LogP contribution in [0, 0.1) is 0 Å². The molecular formula is C17H14N2O. The first-order chi connectivity index (χ1) is 9.74. The number of hydrogen-bond acceptors (Lipinski definition) is 2. The summed E-state index contributed by atoms with van der Waals surface area (Å²) in [6, 6.07) is 15.3. The van der Waals surface area contributed by atoms with Crippen LogP contribution in [0.2, 0.25) is 0 Å². The number of hydrogen-bond donors (Lipinski definition) is 2. The highest BCUT2D eigenvalue weighted by molar-refractivity contribution is 6.31. The highest BCUT2D eigenvalue weighted by atomic mass is 16.1.